The second-order valence-corrected chi connectivity index (χ2v) is 7.89. The van der Waals surface area contributed by atoms with Crippen molar-refractivity contribution in [2.75, 3.05) is 5.32 Å². The minimum absolute atomic E-state index is 0.148. The molecule has 0 fully saturated rings. The van der Waals surface area contributed by atoms with Crippen LogP contribution in [0.5, 0.6) is 17.2 Å². The predicted octanol–water partition coefficient (Wildman–Crippen LogP) is 2.16. The third-order valence-electron chi connectivity index (χ3n) is 3.71. The van der Waals surface area contributed by atoms with Gasteiger partial charge in [-0.25, -0.2) is 0 Å². The van der Waals surface area contributed by atoms with Gasteiger partial charge in [0.05, 0.1) is 11.3 Å². The average molecular weight is 455 g/mol. The standard InChI is InChI=1S/C17H13NO10S2/c19-15-8-11-4-2-1-3-10(11)7-13(15)17(20)18-14-6-5-12(27-29(21,22)23)9-16(14)28-30(24,25)26/h1-9,19H,(H,18,20)(H,21,22,23)(H,24,25,26). The third-order valence-corrected chi connectivity index (χ3v) is 4.50. The number of carbonyl (C=O) groups is 1. The maximum atomic E-state index is 12.6. The highest BCUT2D eigenvalue weighted by molar-refractivity contribution is 7.81. The molecule has 4 N–H and O–H groups in total. The summed E-state index contributed by atoms with van der Waals surface area (Å²) in [5.74, 6) is -2.49. The summed E-state index contributed by atoms with van der Waals surface area (Å²) in [5.41, 5.74) is -0.461. The van der Waals surface area contributed by atoms with Crippen LogP contribution in [-0.2, 0) is 20.8 Å². The van der Waals surface area contributed by atoms with Crippen LogP contribution in [0.25, 0.3) is 10.8 Å². The molecule has 0 saturated carbocycles. The minimum Gasteiger partial charge on any atom is -0.507 e. The Morgan fingerprint density at radius 1 is 0.833 bits per heavy atom. The molecule has 0 bridgehead atoms. The summed E-state index contributed by atoms with van der Waals surface area (Å²) in [6.07, 6.45) is 0. The predicted molar refractivity (Wildman–Crippen MR) is 104 cm³/mol. The van der Waals surface area contributed by atoms with Crippen LogP contribution in [0.1, 0.15) is 10.4 Å². The molecule has 30 heavy (non-hydrogen) atoms. The summed E-state index contributed by atoms with van der Waals surface area (Å²) in [4.78, 5) is 12.6. The Morgan fingerprint density at radius 3 is 2.03 bits per heavy atom. The summed E-state index contributed by atoms with van der Waals surface area (Å²) in [7, 11) is -10.00. The molecule has 0 aliphatic heterocycles. The monoisotopic (exact) mass is 455 g/mol. The van der Waals surface area contributed by atoms with Crippen LogP contribution in [0.3, 0.4) is 0 Å². The Morgan fingerprint density at radius 2 is 1.43 bits per heavy atom. The Bertz CT molecular complexity index is 1350. The Balaban J connectivity index is 1.98. The largest absolute Gasteiger partial charge is 0.507 e. The highest BCUT2D eigenvalue weighted by Gasteiger charge is 2.19. The molecule has 158 valence electrons. The number of rotatable bonds is 6. The lowest BCUT2D eigenvalue weighted by atomic mass is 10.1. The number of nitrogens with one attached hydrogen (secondary N) is 1. The topological polar surface area (TPSA) is 177 Å². The second-order valence-electron chi connectivity index (χ2n) is 5.85. The Labute approximate surface area is 170 Å². The molecule has 11 nitrogen and oxygen atoms in total. The van der Waals surface area contributed by atoms with Gasteiger partial charge in [0, 0.05) is 6.07 Å². The normalized spacial score (nSPS) is 11.8. The number of amides is 1. The van der Waals surface area contributed by atoms with Gasteiger partial charge >= 0.3 is 20.8 Å². The van der Waals surface area contributed by atoms with E-state index >= 15 is 0 Å². The molecule has 0 aromatic heterocycles. The lowest BCUT2D eigenvalue weighted by molar-refractivity contribution is 0.102. The first-order valence-corrected chi connectivity index (χ1v) is 10.7. The SMILES string of the molecule is O=C(Nc1ccc(OS(=O)(=O)O)cc1OS(=O)(=O)O)c1cc2ccccc2cc1O. The molecule has 0 spiro atoms. The number of fused-ring (bicyclic) bond motifs is 1. The van der Waals surface area contributed by atoms with E-state index in [9.17, 15) is 26.7 Å². The van der Waals surface area contributed by atoms with Crippen molar-refractivity contribution in [3.63, 3.8) is 0 Å². The Hall–Kier alpha value is -3.39. The number of anilines is 1. The lowest BCUT2D eigenvalue weighted by Crippen LogP contribution is -2.15. The van der Waals surface area contributed by atoms with Gasteiger partial charge in [-0.1, -0.05) is 24.3 Å². The lowest BCUT2D eigenvalue weighted by Gasteiger charge is -2.13. The van der Waals surface area contributed by atoms with E-state index in [0.29, 0.717) is 16.8 Å². The van der Waals surface area contributed by atoms with Crippen molar-refractivity contribution in [1.29, 1.82) is 0 Å². The fourth-order valence-corrected chi connectivity index (χ4v) is 3.27. The molecular formula is C17H13NO10S2. The number of hydrogen-bond acceptors (Lipinski definition) is 8. The van der Waals surface area contributed by atoms with Crippen molar-refractivity contribution in [3.8, 4) is 17.2 Å². The quantitative estimate of drug-likeness (QED) is 0.403. The highest BCUT2D eigenvalue weighted by atomic mass is 32.3. The molecule has 0 heterocycles. The summed E-state index contributed by atoms with van der Waals surface area (Å²) >= 11 is 0. The summed E-state index contributed by atoms with van der Waals surface area (Å²) in [6.45, 7) is 0. The summed E-state index contributed by atoms with van der Waals surface area (Å²) < 4.78 is 69.9. The molecule has 0 atom stereocenters. The van der Waals surface area contributed by atoms with E-state index in [2.05, 4.69) is 13.7 Å². The molecule has 1 amide bonds. The number of carbonyl (C=O) groups excluding carboxylic acids is 1. The summed E-state index contributed by atoms with van der Waals surface area (Å²) in [5, 5.41) is 13.7. The van der Waals surface area contributed by atoms with Gasteiger partial charge in [0.2, 0.25) is 0 Å². The number of phenolic OH excluding ortho intramolecular Hbond substituents is 1. The van der Waals surface area contributed by atoms with Crippen LogP contribution in [0, 0.1) is 0 Å². The molecule has 3 rings (SSSR count). The van der Waals surface area contributed by atoms with Gasteiger partial charge in [-0.2, -0.15) is 16.8 Å². The molecule has 3 aromatic rings. The molecule has 0 aliphatic carbocycles. The summed E-state index contributed by atoms with van der Waals surface area (Å²) in [6, 6.07) is 12.3. The van der Waals surface area contributed by atoms with Gasteiger partial charge in [-0.15, -0.1) is 0 Å². The fraction of sp³-hybridized carbons (Fsp3) is 0. The van der Waals surface area contributed by atoms with Crippen LogP contribution < -0.4 is 13.7 Å². The molecule has 3 aromatic carbocycles. The van der Waals surface area contributed by atoms with Crippen molar-refractivity contribution >= 4 is 43.2 Å². The van der Waals surface area contributed by atoms with E-state index in [1.54, 1.807) is 24.3 Å². The number of phenols is 1. The fourth-order valence-electron chi connectivity index (χ4n) is 2.56. The maximum absolute atomic E-state index is 12.6. The first-order valence-electron chi connectivity index (χ1n) is 7.92. The van der Waals surface area contributed by atoms with Gasteiger partial charge < -0.3 is 18.8 Å². The first kappa shape index (κ1) is 21.3. The molecule has 0 unspecified atom stereocenters. The third kappa shape index (κ3) is 5.36. The van der Waals surface area contributed by atoms with E-state index in [0.717, 1.165) is 12.1 Å². The number of benzene rings is 3. The van der Waals surface area contributed by atoms with Gasteiger partial charge in [-0.3, -0.25) is 13.9 Å². The zero-order valence-electron chi connectivity index (χ0n) is 14.7. The molecule has 0 saturated heterocycles. The van der Waals surface area contributed by atoms with E-state index in [-0.39, 0.29) is 17.0 Å². The van der Waals surface area contributed by atoms with Crippen molar-refractivity contribution in [2.24, 2.45) is 0 Å². The van der Waals surface area contributed by atoms with E-state index in [1.165, 1.54) is 12.1 Å². The smallest absolute Gasteiger partial charge is 0.446 e. The van der Waals surface area contributed by atoms with Crippen LogP contribution in [0.15, 0.2) is 54.6 Å². The molecule has 13 heteroatoms. The molecule has 0 aliphatic rings. The van der Waals surface area contributed by atoms with Gasteiger partial charge in [-0.05, 0) is 35.0 Å². The van der Waals surface area contributed by atoms with Crippen LogP contribution in [0.4, 0.5) is 5.69 Å². The van der Waals surface area contributed by atoms with Gasteiger partial charge in [0.15, 0.2) is 5.75 Å². The number of hydrogen-bond donors (Lipinski definition) is 4. The van der Waals surface area contributed by atoms with Crippen LogP contribution in [0.2, 0.25) is 0 Å². The Kier molecular flexibility index (Phi) is 5.54. The van der Waals surface area contributed by atoms with Crippen molar-refractivity contribution in [1.82, 2.24) is 0 Å². The van der Waals surface area contributed by atoms with E-state index in [1.807, 2.05) is 0 Å². The second kappa shape index (κ2) is 7.79. The van der Waals surface area contributed by atoms with Crippen LogP contribution >= 0.6 is 0 Å². The average Bonchev–Trinajstić information content (AvgIpc) is 2.60. The maximum Gasteiger partial charge on any atom is 0.446 e. The molecular weight excluding hydrogens is 442 g/mol. The van der Waals surface area contributed by atoms with E-state index in [4.69, 9.17) is 9.11 Å². The zero-order valence-corrected chi connectivity index (χ0v) is 16.3. The van der Waals surface area contributed by atoms with Gasteiger partial charge in [0.25, 0.3) is 5.91 Å². The van der Waals surface area contributed by atoms with Crippen LogP contribution in [-0.4, -0.2) is 37.0 Å². The van der Waals surface area contributed by atoms with Gasteiger partial charge in [0.1, 0.15) is 11.5 Å². The van der Waals surface area contributed by atoms with Crippen molar-refractivity contribution in [3.05, 3.63) is 60.2 Å². The molecule has 0 radical (unpaired) electrons. The highest BCUT2D eigenvalue weighted by Crippen LogP contribution is 2.32. The van der Waals surface area contributed by atoms with E-state index < -0.39 is 38.2 Å². The minimum atomic E-state index is -5.07. The number of aromatic hydroxyl groups is 1. The zero-order chi connectivity index (χ0) is 22.1. The van der Waals surface area contributed by atoms with Crippen molar-refractivity contribution in [2.45, 2.75) is 0 Å². The first-order chi connectivity index (χ1) is 13.9. The van der Waals surface area contributed by atoms with Crippen molar-refractivity contribution < 1.29 is 44.2 Å².